The van der Waals surface area contributed by atoms with Crippen LogP contribution in [0, 0.1) is 12.7 Å². The second-order valence-electron chi connectivity index (χ2n) is 6.66. The molecule has 8 nitrogen and oxygen atoms in total. The highest BCUT2D eigenvalue weighted by molar-refractivity contribution is 6.09. The standard InChI is InChI=1S/C20H22FN3O5.C2H6/c1-4-12(25)10-29-23-19(26)16-17-13(7-8-28-17)20(27)24(3)18(16)22-15-6-5-11(2)9-14(15)21;1-2/h5-9,12,22,25H,4,10H2,1-3H3,(H,23,26);1-2H3. The number of halogens is 1. The van der Waals surface area contributed by atoms with Gasteiger partial charge in [0.25, 0.3) is 11.5 Å². The van der Waals surface area contributed by atoms with Gasteiger partial charge in [-0.1, -0.05) is 26.8 Å². The SMILES string of the molecule is CC.CCC(O)CONC(=O)c1c(Nc2ccc(C)cc2F)n(C)c(=O)c2ccoc12. The number of rotatable bonds is 7. The van der Waals surface area contributed by atoms with E-state index in [9.17, 15) is 19.1 Å². The Bertz CT molecular complexity index is 1110. The van der Waals surface area contributed by atoms with Crippen molar-refractivity contribution in [3.8, 4) is 0 Å². The Balaban J connectivity index is 0.00000166. The zero-order chi connectivity index (χ0) is 23.1. The lowest BCUT2D eigenvalue weighted by Gasteiger charge is -2.17. The van der Waals surface area contributed by atoms with Crippen LogP contribution in [0.3, 0.4) is 0 Å². The van der Waals surface area contributed by atoms with Gasteiger partial charge in [-0.05, 0) is 37.1 Å². The number of aliphatic hydroxyl groups excluding tert-OH is 1. The Morgan fingerprint density at radius 1 is 1.32 bits per heavy atom. The van der Waals surface area contributed by atoms with E-state index in [2.05, 4.69) is 10.8 Å². The van der Waals surface area contributed by atoms with Gasteiger partial charge in [0, 0.05) is 7.05 Å². The molecule has 0 bridgehead atoms. The number of amides is 1. The van der Waals surface area contributed by atoms with Crippen LogP contribution in [0.1, 0.15) is 43.1 Å². The summed E-state index contributed by atoms with van der Waals surface area (Å²) in [6.45, 7) is 7.41. The Morgan fingerprint density at radius 2 is 2.03 bits per heavy atom. The normalized spacial score (nSPS) is 11.6. The van der Waals surface area contributed by atoms with Crippen LogP contribution in [0.25, 0.3) is 11.0 Å². The number of aliphatic hydroxyl groups is 1. The molecule has 9 heteroatoms. The maximum atomic E-state index is 14.4. The number of nitrogens with one attached hydrogen (secondary N) is 2. The van der Waals surface area contributed by atoms with Crippen molar-refractivity contribution in [2.24, 2.45) is 7.05 Å². The van der Waals surface area contributed by atoms with Crippen molar-refractivity contribution in [3.05, 3.63) is 57.8 Å². The van der Waals surface area contributed by atoms with Gasteiger partial charge in [0.15, 0.2) is 5.58 Å². The van der Waals surface area contributed by atoms with Crippen molar-refractivity contribution in [1.29, 1.82) is 0 Å². The van der Waals surface area contributed by atoms with E-state index in [0.29, 0.717) is 6.42 Å². The van der Waals surface area contributed by atoms with Crippen LogP contribution in [0.2, 0.25) is 0 Å². The lowest BCUT2D eigenvalue weighted by atomic mass is 10.1. The number of hydrogen-bond acceptors (Lipinski definition) is 6. The molecule has 3 aromatic rings. The highest BCUT2D eigenvalue weighted by atomic mass is 19.1. The average Bonchev–Trinajstić information content (AvgIpc) is 3.24. The first-order valence-electron chi connectivity index (χ1n) is 10.1. The molecule has 1 amide bonds. The fraction of sp³-hybridized carbons (Fsp3) is 0.364. The van der Waals surface area contributed by atoms with Crippen molar-refractivity contribution in [2.45, 2.75) is 40.2 Å². The van der Waals surface area contributed by atoms with E-state index in [-0.39, 0.29) is 34.6 Å². The first-order chi connectivity index (χ1) is 14.8. The molecule has 2 aromatic heterocycles. The molecule has 3 rings (SSSR count). The molecule has 0 aliphatic heterocycles. The molecule has 0 fully saturated rings. The van der Waals surface area contributed by atoms with Crippen LogP contribution < -0.4 is 16.4 Å². The molecule has 0 saturated carbocycles. The van der Waals surface area contributed by atoms with Crippen molar-refractivity contribution >= 4 is 28.4 Å². The van der Waals surface area contributed by atoms with Crippen LogP contribution in [0.5, 0.6) is 0 Å². The molecule has 0 aliphatic carbocycles. The number of aryl methyl sites for hydroxylation is 1. The number of aromatic nitrogens is 1. The van der Waals surface area contributed by atoms with Crippen molar-refractivity contribution in [2.75, 3.05) is 11.9 Å². The summed E-state index contributed by atoms with van der Waals surface area (Å²) >= 11 is 0. The van der Waals surface area contributed by atoms with Crippen molar-refractivity contribution < 1.29 is 23.5 Å². The Kier molecular flexibility index (Phi) is 8.35. The van der Waals surface area contributed by atoms with Gasteiger partial charge < -0.3 is 14.8 Å². The number of carbonyl (C=O) groups is 1. The minimum atomic E-state index is -0.738. The van der Waals surface area contributed by atoms with E-state index >= 15 is 0 Å². The third kappa shape index (κ3) is 5.31. The number of hydrogen-bond donors (Lipinski definition) is 3. The van der Waals surface area contributed by atoms with Crippen molar-refractivity contribution in [3.63, 3.8) is 0 Å². The minimum Gasteiger partial charge on any atom is -0.463 e. The van der Waals surface area contributed by atoms with E-state index in [1.165, 1.54) is 36.1 Å². The summed E-state index contributed by atoms with van der Waals surface area (Å²) in [5.74, 6) is -1.21. The summed E-state index contributed by atoms with van der Waals surface area (Å²) in [4.78, 5) is 30.5. The molecule has 168 valence electrons. The van der Waals surface area contributed by atoms with Crippen LogP contribution in [0.15, 0.2) is 39.7 Å². The average molecular weight is 433 g/mol. The highest BCUT2D eigenvalue weighted by Crippen LogP contribution is 2.28. The van der Waals surface area contributed by atoms with Gasteiger partial charge in [-0.25, -0.2) is 9.87 Å². The largest absolute Gasteiger partial charge is 0.463 e. The number of furan rings is 1. The first-order valence-corrected chi connectivity index (χ1v) is 10.1. The smallest absolute Gasteiger partial charge is 0.282 e. The summed E-state index contributed by atoms with van der Waals surface area (Å²) in [5, 5.41) is 12.6. The van der Waals surface area contributed by atoms with Crippen LogP contribution in [0.4, 0.5) is 15.9 Å². The fourth-order valence-electron chi connectivity index (χ4n) is 2.81. The van der Waals surface area contributed by atoms with Gasteiger partial charge in [-0.2, -0.15) is 0 Å². The molecule has 1 atom stereocenters. The number of carbonyl (C=O) groups excluding carboxylic acids is 1. The molecule has 0 saturated heterocycles. The third-order valence-corrected chi connectivity index (χ3v) is 4.52. The predicted molar refractivity (Wildman–Crippen MR) is 117 cm³/mol. The van der Waals surface area contributed by atoms with Gasteiger partial charge in [0.1, 0.15) is 23.8 Å². The van der Waals surface area contributed by atoms with E-state index in [0.717, 1.165) is 5.56 Å². The summed E-state index contributed by atoms with van der Waals surface area (Å²) in [5.41, 5.74) is 2.65. The number of pyridine rings is 1. The quantitative estimate of drug-likeness (QED) is 0.490. The molecular weight excluding hydrogens is 405 g/mol. The molecule has 31 heavy (non-hydrogen) atoms. The van der Waals surface area contributed by atoms with Gasteiger partial charge in [-0.15, -0.1) is 0 Å². The summed E-state index contributed by atoms with van der Waals surface area (Å²) in [6, 6.07) is 5.99. The van der Waals surface area contributed by atoms with Gasteiger partial charge in [0.05, 0.1) is 23.4 Å². The van der Waals surface area contributed by atoms with E-state index in [4.69, 9.17) is 9.25 Å². The second kappa shape index (κ2) is 10.7. The number of hydroxylamine groups is 1. The minimum absolute atomic E-state index is 0.0296. The molecule has 0 spiro atoms. The number of fused-ring (bicyclic) bond motifs is 1. The molecule has 3 N–H and O–H groups in total. The van der Waals surface area contributed by atoms with Gasteiger partial charge in [-0.3, -0.25) is 19.0 Å². The lowest BCUT2D eigenvalue weighted by Crippen LogP contribution is -2.31. The maximum Gasteiger partial charge on any atom is 0.282 e. The van der Waals surface area contributed by atoms with Crippen LogP contribution >= 0.6 is 0 Å². The van der Waals surface area contributed by atoms with Crippen LogP contribution in [-0.2, 0) is 11.9 Å². The molecule has 2 heterocycles. The summed E-state index contributed by atoms with van der Waals surface area (Å²) < 4.78 is 20.9. The topological polar surface area (TPSA) is 106 Å². The summed E-state index contributed by atoms with van der Waals surface area (Å²) in [7, 11) is 1.46. The van der Waals surface area contributed by atoms with Crippen molar-refractivity contribution in [1.82, 2.24) is 10.0 Å². The summed E-state index contributed by atoms with van der Waals surface area (Å²) in [6.07, 6.45) is 1.01. The van der Waals surface area contributed by atoms with E-state index in [1.54, 1.807) is 19.9 Å². The van der Waals surface area contributed by atoms with E-state index in [1.807, 2.05) is 13.8 Å². The van der Waals surface area contributed by atoms with Crippen LogP contribution in [-0.4, -0.2) is 28.3 Å². The molecule has 1 unspecified atom stereocenters. The highest BCUT2D eigenvalue weighted by Gasteiger charge is 2.24. The maximum absolute atomic E-state index is 14.4. The Hall–Kier alpha value is -3.17. The number of anilines is 2. The monoisotopic (exact) mass is 433 g/mol. The van der Waals surface area contributed by atoms with Gasteiger partial charge in [0.2, 0.25) is 0 Å². The van der Waals surface area contributed by atoms with Gasteiger partial charge >= 0.3 is 0 Å². The Morgan fingerprint density at radius 3 is 2.68 bits per heavy atom. The molecule has 0 aliphatic rings. The van der Waals surface area contributed by atoms with E-state index < -0.39 is 23.4 Å². The lowest BCUT2D eigenvalue weighted by molar-refractivity contribution is -0.0133. The predicted octanol–water partition coefficient (Wildman–Crippen LogP) is 3.78. The molecule has 1 aromatic carbocycles. The third-order valence-electron chi connectivity index (χ3n) is 4.52. The molecular formula is C22H28FN3O5. The Labute approximate surface area is 179 Å². The zero-order valence-electron chi connectivity index (χ0n) is 18.3. The zero-order valence-corrected chi connectivity index (χ0v) is 18.3. The molecule has 0 radical (unpaired) electrons. The second-order valence-corrected chi connectivity index (χ2v) is 6.66. The first kappa shape index (κ1) is 24.1. The fourth-order valence-corrected chi connectivity index (χ4v) is 2.81. The number of nitrogens with zero attached hydrogens (tertiary/aromatic N) is 1. The number of benzene rings is 1.